The Morgan fingerprint density at radius 3 is 2.88 bits per heavy atom. The van der Waals surface area contributed by atoms with Crippen LogP contribution in [0.4, 0.5) is 0 Å². The van der Waals surface area contributed by atoms with Crippen molar-refractivity contribution in [2.75, 3.05) is 6.54 Å². The summed E-state index contributed by atoms with van der Waals surface area (Å²) >= 11 is 8.27. The number of carbonyl (C=O) groups excluding carboxylic acids is 2. The van der Waals surface area contributed by atoms with Gasteiger partial charge in [-0.1, -0.05) is 49.3 Å². The molecule has 134 valence electrons. The minimum Gasteiger partial charge on any atom is -0.353 e. The van der Waals surface area contributed by atoms with E-state index in [0.29, 0.717) is 34.7 Å². The first-order valence-corrected chi connectivity index (χ1v) is 10.8. The van der Waals surface area contributed by atoms with Gasteiger partial charge in [-0.15, -0.1) is 11.3 Å². The Balaban J connectivity index is 1.45. The Kier molecular flexibility index (Phi) is 6.67. The molecule has 1 aromatic heterocycles. The average molecular weight is 395 g/mol. The highest BCUT2D eigenvalue weighted by atomic mass is 32.2. The molecular formula is C18H22N2O2S3. The Bertz CT molecular complexity index is 664. The van der Waals surface area contributed by atoms with Gasteiger partial charge in [0.2, 0.25) is 5.91 Å². The molecule has 4 nitrogen and oxygen atoms in total. The maximum absolute atomic E-state index is 12.5. The molecule has 0 atom stereocenters. The second-order valence-corrected chi connectivity index (χ2v) is 9.01. The Morgan fingerprint density at radius 2 is 2.16 bits per heavy atom. The van der Waals surface area contributed by atoms with Crippen molar-refractivity contribution in [3.8, 4) is 0 Å². The molecule has 2 amide bonds. The average Bonchev–Trinajstić information content (AvgIpc) is 3.19. The first kappa shape index (κ1) is 18.6. The van der Waals surface area contributed by atoms with Crippen molar-refractivity contribution < 1.29 is 9.59 Å². The molecule has 0 aromatic carbocycles. The van der Waals surface area contributed by atoms with E-state index in [1.54, 1.807) is 16.2 Å². The zero-order valence-corrected chi connectivity index (χ0v) is 16.5. The molecule has 1 aliphatic heterocycles. The summed E-state index contributed by atoms with van der Waals surface area (Å²) in [7, 11) is 0. The van der Waals surface area contributed by atoms with Gasteiger partial charge < -0.3 is 5.32 Å². The lowest BCUT2D eigenvalue weighted by Gasteiger charge is -2.23. The number of carbonyl (C=O) groups is 2. The van der Waals surface area contributed by atoms with Crippen LogP contribution in [0.1, 0.15) is 49.8 Å². The molecule has 0 bridgehead atoms. The number of rotatable bonds is 6. The van der Waals surface area contributed by atoms with Crippen LogP contribution in [0.15, 0.2) is 22.4 Å². The largest absolute Gasteiger partial charge is 0.353 e. The van der Waals surface area contributed by atoms with Gasteiger partial charge in [-0.05, 0) is 36.8 Å². The molecule has 1 aromatic rings. The highest BCUT2D eigenvalue weighted by Gasteiger charge is 2.31. The van der Waals surface area contributed by atoms with Crippen LogP contribution in [0.3, 0.4) is 0 Å². The smallest absolute Gasteiger partial charge is 0.266 e. The van der Waals surface area contributed by atoms with E-state index in [1.807, 2.05) is 23.6 Å². The van der Waals surface area contributed by atoms with Gasteiger partial charge in [-0.3, -0.25) is 14.5 Å². The lowest BCUT2D eigenvalue weighted by molar-refractivity contribution is -0.124. The molecular weight excluding hydrogens is 372 g/mol. The number of amides is 2. The molecule has 0 radical (unpaired) electrons. The van der Waals surface area contributed by atoms with Crippen molar-refractivity contribution in [1.29, 1.82) is 0 Å². The topological polar surface area (TPSA) is 49.4 Å². The molecule has 1 saturated carbocycles. The van der Waals surface area contributed by atoms with Gasteiger partial charge in [0.05, 0.1) is 4.91 Å². The normalized spacial score (nSPS) is 20.5. The monoisotopic (exact) mass is 394 g/mol. The van der Waals surface area contributed by atoms with Crippen molar-refractivity contribution >= 4 is 57.5 Å². The van der Waals surface area contributed by atoms with Crippen LogP contribution in [0.2, 0.25) is 0 Å². The predicted octanol–water partition coefficient (Wildman–Crippen LogP) is 4.18. The number of hydrogen-bond donors (Lipinski definition) is 1. The summed E-state index contributed by atoms with van der Waals surface area (Å²) in [4.78, 5) is 27.9. The van der Waals surface area contributed by atoms with Crippen molar-refractivity contribution in [3.05, 3.63) is 27.3 Å². The molecule has 0 spiro atoms. The highest BCUT2D eigenvalue weighted by molar-refractivity contribution is 8.26. The highest BCUT2D eigenvalue weighted by Crippen LogP contribution is 2.33. The van der Waals surface area contributed by atoms with E-state index in [9.17, 15) is 9.59 Å². The van der Waals surface area contributed by atoms with Crippen LogP contribution in [-0.2, 0) is 9.59 Å². The van der Waals surface area contributed by atoms with Crippen molar-refractivity contribution in [2.45, 2.75) is 51.0 Å². The predicted molar refractivity (Wildman–Crippen MR) is 108 cm³/mol. The van der Waals surface area contributed by atoms with E-state index in [4.69, 9.17) is 12.2 Å². The Hall–Kier alpha value is -1.18. The van der Waals surface area contributed by atoms with E-state index in [2.05, 4.69) is 5.32 Å². The molecule has 3 rings (SSSR count). The maximum Gasteiger partial charge on any atom is 0.266 e. The second-order valence-electron chi connectivity index (χ2n) is 6.35. The molecule has 2 fully saturated rings. The maximum atomic E-state index is 12.5. The van der Waals surface area contributed by atoms with E-state index < -0.39 is 0 Å². The summed E-state index contributed by atoms with van der Waals surface area (Å²) in [5.41, 5.74) is 0. The molecule has 25 heavy (non-hydrogen) atoms. The summed E-state index contributed by atoms with van der Waals surface area (Å²) in [6, 6.07) is 4.28. The summed E-state index contributed by atoms with van der Waals surface area (Å²) < 4.78 is 0.584. The molecule has 1 saturated heterocycles. The minimum absolute atomic E-state index is 0.0453. The Labute approximate surface area is 162 Å². The van der Waals surface area contributed by atoms with Crippen LogP contribution in [0.5, 0.6) is 0 Å². The molecule has 2 heterocycles. The molecule has 7 heteroatoms. The Morgan fingerprint density at radius 1 is 1.36 bits per heavy atom. The minimum atomic E-state index is -0.0453. The zero-order chi connectivity index (χ0) is 17.6. The number of hydrogen-bond acceptors (Lipinski definition) is 5. The fourth-order valence-corrected chi connectivity index (χ4v) is 5.17. The lowest BCUT2D eigenvalue weighted by Crippen LogP contribution is -2.36. The molecule has 1 aliphatic carbocycles. The van der Waals surface area contributed by atoms with Gasteiger partial charge in [0.25, 0.3) is 5.91 Å². The molecule has 1 N–H and O–H groups in total. The van der Waals surface area contributed by atoms with Gasteiger partial charge in [0, 0.05) is 23.9 Å². The van der Waals surface area contributed by atoms with E-state index in [-0.39, 0.29) is 11.8 Å². The number of thiocarbonyl (C=S) groups is 1. The zero-order valence-electron chi connectivity index (χ0n) is 14.0. The number of nitrogens with zero attached hydrogens (tertiary/aromatic N) is 1. The number of nitrogens with one attached hydrogen (secondary N) is 1. The van der Waals surface area contributed by atoms with Crippen LogP contribution in [0.25, 0.3) is 6.08 Å². The van der Waals surface area contributed by atoms with E-state index in [0.717, 1.165) is 17.7 Å². The van der Waals surface area contributed by atoms with Gasteiger partial charge in [0.1, 0.15) is 4.32 Å². The first-order valence-electron chi connectivity index (χ1n) is 8.72. The SMILES string of the molecule is O=C(CCCN1C(=O)C(=Cc2cccs2)SC1=S)NC1CCCCC1. The molecule has 2 aliphatic rings. The third-order valence-corrected chi connectivity index (χ3v) is 6.64. The van der Waals surface area contributed by atoms with Crippen molar-refractivity contribution in [2.24, 2.45) is 0 Å². The quantitative estimate of drug-likeness (QED) is 0.581. The summed E-state index contributed by atoms with van der Waals surface area (Å²) in [6.07, 6.45) is 8.84. The fraction of sp³-hybridized carbons (Fsp3) is 0.500. The summed E-state index contributed by atoms with van der Waals surface area (Å²) in [6.45, 7) is 0.504. The van der Waals surface area contributed by atoms with Crippen LogP contribution in [-0.4, -0.2) is 33.6 Å². The third kappa shape index (κ3) is 5.15. The van der Waals surface area contributed by atoms with Crippen LogP contribution >= 0.6 is 35.3 Å². The summed E-state index contributed by atoms with van der Waals surface area (Å²) in [5.74, 6) is 0.0440. The van der Waals surface area contributed by atoms with E-state index in [1.165, 1.54) is 31.0 Å². The van der Waals surface area contributed by atoms with Crippen LogP contribution < -0.4 is 5.32 Å². The van der Waals surface area contributed by atoms with E-state index >= 15 is 0 Å². The fourth-order valence-electron chi connectivity index (χ4n) is 3.14. The van der Waals surface area contributed by atoms with Gasteiger partial charge >= 0.3 is 0 Å². The van der Waals surface area contributed by atoms with Gasteiger partial charge in [0.15, 0.2) is 0 Å². The second kappa shape index (κ2) is 8.96. The van der Waals surface area contributed by atoms with Gasteiger partial charge in [-0.25, -0.2) is 0 Å². The number of thiophene rings is 1. The standard InChI is InChI=1S/C18H22N2O2S3/c21-16(19-13-6-2-1-3-7-13)9-4-10-20-17(22)15(25-18(20)23)12-14-8-5-11-24-14/h5,8,11-13H,1-4,6-7,9-10H2,(H,19,21). The van der Waals surface area contributed by atoms with Gasteiger partial charge in [-0.2, -0.15) is 0 Å². The van der Waals surface area contributed by atoms with Crippen LogP contribution in [0, 0.1) is 0 Å². The first-order chi connectivity index (χ1) is 12.1. The molecule has 0 unspecified atom stereocenters. The third-order valence-electron chi connectivity index (χ3n) is 4.45. The summed E-state index contributed by atoms with van der Waals surface area (Å²) in [5, 5.41) is 5.10. The lowest BCUT2D eigenvalue weighted by atomic mass is 9.95. The number of thioether (sulfide) groups is 1. The van der Waals surface area contributed by atoms with Crippen molar-refractivity contribution in [1.82, 2.24) is 10.2 Å². The van der Waals surface area contributed by atoms with Crippen molar-refractivity contribution in [3.63, 3.8) is 0 Å².